The fraction of sp³-hybridized carbons (Fsp3) is 0.692. The molecule has 0 aromatic carbocycles. The van der Waals surface area contributed by atoms with E-state index in [0.717, 1.165) is 19.6 Å². The first-order chi connectivity index (χ1) is 7.65. The Morgan fingerprint density at radius 3 is 2.62 bits per heavy atom. The summed E-state index contributed by atoms with van der Waals surface area (Å²) >= 11 is 1.90. The molecule has 1 aliphatic carbocycles. The van der Waals surface area contributed by atoms with Crippen molar-refractivity contribution in [2.75, 3.05) is 13.1 Å². The zero-order valence-electron chi connectivity index (χ0n) is 10.3. The van der Waals surface area contributed by atoms with Gasteiger partial charge in [0.1, 0.15) is 0 Å². The summed E-state index contributed by atoms with van der Waals surface area (Å²) in [7, 11) is 0. The molecule has 3 N–H and O–H groups in total. The van der Waals surface area contributed by atoms with Gasteiger partial charge in [0.25, 0.3) is 0 Å². The fourth-order valence-corrected chi connectivity index (χ4v) is 3.34. The van der Waals surface area contributed by atoms with Crippen LogP contribution in [0.2, 0.25) is 0 Å². The Labute approximate surface area is 102 Å². The highest BCUT2D eigenvalue weighted by Crippen LogP contribution is 2.39. The predicted octanol–water partition coefficient (Wildman–Crippen LogP) is 2.58. The molecule has 0 aliphatic heterocycles. The van der Waals surface area contributed by atoms with Gasteiger partial charge >= 0.3 is 0 Å². The smallest absolute Gasteiger partial charge is 0.0300 e. The second-order valence-corrected chi connectivity index (χ2v) is 6.45. The zero-order chi connectivity index (χ0) is 11.6. The first-order valence-electron chi connectivity index (χ1n) is 6.12. The summed E-state index contributed by atoms with van der Waals surface area (Å²) in [6, 6.07) is 2.29. The molecule has 0 radical (unpaired) electrons. The van der Waals surface area contributed by atoms with Gasteiger partial charge in [0.15, 0.2) is 0 Å². The maximum Gasteiger partial charge on any atom is 0.0300 e. The zero-order valence-corrected chi connectivity index (χ0v) is 11.1. The van der Waals surface area contributed by atoms with E-state index in [0.29, 0.717) is 5.41 Å². The van der Waals surface area contributed by atoms with Crippen molar-refractivity contribution in [1.82, 2.24) is 5.32 Å². The maximum atomic E-state index is 5.84. The highest BCUT2D eigenvalue weighted by molar-refractivity contribution is 7.12. The summed E-state index contributed by atoms with van der Waals surface area (Å²) < 4.78 is 0. The molecule has 0 saturated heterocycles. The van der Waals surface area contributed by atoms with Crippen LogP contribution < -0.4 is 11.1 Å². The van der Waals surface area contributed by atoms with E-state index >= 15 is 0 Å². The summed E-state index contributed by atoms with van der Waals surface area (Å²) in [6.07, 6.45) is 3.97. The molecule has 0 unspecified atom stereocenters. The van der Waals surface area contributed by atoms with E-state index in [1.165, 1.54) is 34.6 Å². The molecule has 1 aromatic rings. The number of rotatable bonds is 5. The summed E-state index contributed by atoms with van der Waals surface area (Å²) in [6.45, 7) is 7.29. The van der Waals surface area contributed by atoms with E-state index in [9.17, 15) is 0 Å². The van der Waals surface area contributed by atoms with Crippen LogP contribution in [-0.2, 0) is 6.54 Å². The number of nitrogens with one attached hydrogen (secondary N) is 1. The minimum atomic E-state index is 0.418. The minimum absolute atomic E-state index is 0.418. The number of hydrogen-bond acceptors (Lipinski definition) is 3. The van der Waals surface area contributed by atoms with E-state index in [2.05, 4.69) is 25.2 Å². The van der Waals surface area contributed by atoms with E-state index in [1.54, 1.807) is 0 Å². The monoisotopic (exact) mass is 238 g/mol. The van der Waals surface area contributed by atoms with Crippen LogP contribution in [0.25, 0.3) is 0 Å². The van der Waals surface area contributed by atoms with Crippen molar-refractivity contribution in [1.29, 1.82) is 0 Å². The lowest BCUT2D eigenvalue weighted by atomic mass is 9.69. The molecule has 1 saturated carbocycles. The second kappa shape index (κ2) is 4.86. The van der Waals surface area contributed by atoms with Crippen LogP contribution in [0.5, 0.6) is 0 Å². The maximum absolute atomic E-state index is 5.84. The Balaban J connectivity index is 1.79. The molecular weight excluding hydrogens is 216 g/mol. The van der Waals surface area contributed by atoms with Crippen LogP contribution >= 0.6 is 11.3 Å². The van der Waals surface area contributed by atoms with Gasteiger partial charge in [-0.1, -0.05) is 6.42 Å². The molecule has 0 bridgehead atoms. The topological polar surface area (TPSA) is 38.0 Å². The van der Waals surface area contributed by atoms with E-state index < -0.39 is 0 Å². The van der Waals surface area contributed by atoms with Crippen molar-refractivity contribution in [3.63, 3.8) is 0 Å². The lowest BCUT2D eigenvalue weighted by Gasteiger charge is -2.41. The number of aryl methyl sites for hydroxylation is 2. The summed E-state index contributed by atoms with van der Waals surface area (Å²) in [5, 5.41) is 3.57. The van der Waals surface area contributed by atoms with Crippen molar-refractivity contribution in [3.8, 4) is 0 Å². The highest BCUT2D eigenvalue weighted by atomic mass is 32.1. The molecular formula is C13H22N2S. The predicted molar refractivity (Wildman–Crippen MR) is 70.8 cm³/mol. The van der Waals surface area contributed by atoms with Crippen LogP contribution in [0.1, 0.15) is 34.6 Å². The van der Waals surface area contributed by atoms with Crippen LogP contribution in [0.3, 0.4) is 0 Å². The van der Waals surface area contributed by atoms with Crippen molar-refractivity contribution in [2.45, 2.75) is 39.7 Å². The molecule has 0 atom stereocenters. The molecule has 1 aliphatic rings. The van der Waals surface area contributed by atoms with Gasteiger partial charge in [-0.2, -0.15) is 0 Å². The first kappa shape index (κ1) is 12.1. The van der Waals surface area contributed by atoms with Gasteiger partial charge in [-0.3, -0.25) is 0 Å². The molecule has 3 heteroatoms. The van der Waals surface area contributed by atoms with Gasteiger partial charge in [0, 0.05) is 22.8 Å². The lowest BCUT2D eigenvalue weighted by Crippen LogP contribution is -2.45. The van der Waals surface area contributed by atoms with Crippen molar-refractivity contribution >= 4 is 11.3 Å². The van der Waals surface area contributed by atoms with Crippen LogP contribution in [0.4, 0.5) is 0 Å². The van der Waals surface area contributed by atoms with Crippen molar-refractivity contribution in [3.05, 3.63) is 21.4 Å². The summed E-state index contributed by atoms with van der Waals surface area (Å²) in [5.41, 5.74) is 7.67. The average Bonchev–Trinajstić information content (AvgIpc) is 2.51. The normalized spacial score (nSPS) is 18.4. The van der Waals surface area contributed by atoms with E-state index in [1.807, 2.05) is 11.3 Å². The van der Waals surface area contributed by atoms with Gasteiger partial charge in [0.05, 0.1) is 0 Å². The van der Waals surface area contributed by atoms with Crippen molar-refractivity contribution < 1.29 is 0 Å². The molecule has 2 nitrogen and oxygen atoms in total. The van der Waals surface area contributed by atoms with Gasteiger partial charge in [-0.05, 0) is 50.3 Å². The molecule has 0 amide bonds. The molecule has 1 heterocycles. The third-order valence-electron chi connectivity index (χ3n) is 3.86. The van der Waals surface area contributed by atoms with Crippen LogP contribution in [-0.4, -0.2) is 13.1 Å². The number of thiophene rings is 1. The van der Waals surface area contributed by atoms with Crippen molar-refractivity contribution in [2.24, 2.45) is 11.1 Å². The average molecular weight is 238 g/mol. The number of hydrogen-bond donors (Lipinski definition) is 2. The third-order valence-corrected chi connectivity index (χ3v) is 5.02. The largest absolute Gasteiger partial charge is 0.330 e. The quantitative estimate of drug-likeness (QED) is 0.827. The Morgan fingerprint density at radius 1 is 1.44 bits per heavy atom. The van der Waals surface area contributed by atoms with Gasteiger partial charge in [-0.15, -0.1) is 11.3 Å². The number of nitrogens with two attached hydrogens (primary N) is 1. The Morgan fingerprint density at radius 2 is 2.19 bits per heavy atom. The fourth-order valence-electron chi connectivity index (χ4n) is 2.32. The van der Waals surface area contributed by atoms with Crippen LogP contribution in [0, 0.1) is 19.3 Å². The van der Waals surface area contributed by atoms with Gasteiger partial charge in [0.2, 0.25) is 0 Å². The molecule has 16 heavy (non-hydrogen) atoms. The Hall–Kier alpha value is -0.380. The SMILES string of the molecule is Cc1cc(CNCC2(CN)CCC2)sc1C. The lowest BCUT2D eigenvalue weighted by molar-refractivity contribution is 0.141. The molecule has 1 fully saturated rings. The minimum Gasteiger partial charge on any atom is -0.330 e. The standard InChI is InChI=1S/C13H22N2S/c1-10-6-12(16-11(10)2)7-15-9-13(8-14)4-3-5-13/h6,15H,3-5,7-9,14H2,1-2H3. The van der Waals surface area contributed by atoms with E-state index in [4.69, 9.17) is 5.73 Å². The van der Waals surface area contributed by atoms with Gasteiger partial charge in [-0.25, -0.2) is 0 Å². The van der Waals surface area contributed by atoms with Crippen LogP contribution in [0.15, 0.2) is 6.07 Å². The molecule has 0 spiro atoms. The Kier molecular flexibility index (Phi) is 3.67. The molecule has 2 rings (SSSR count). The second-order valence-electron chi connectivity index (χ2n) is 5.11. The highest BCUT2D eigenvalue weighted by Gasteiger charge is 2.34. The van der Waals surface area contributed by atoms with E-state index in [-0.39, 0.29) is 0 Å². The van der Waals surface area contributed by atoms with Gasteiger partial charge < -0.3 is 11.1 Å². The molecule has 1 aromatic heterocycles. The summed E-state index contributed by atoms with van der Waals surface area (Å²) in [4.78, 5) is 2.88. The summed E-state index contributed by atoms with van der Waals surface area (Å²) in [5.74, 6) is 0. The molecule has 90 valence electrons. The third kappa shape index (κ3) is 2.47. The first-order valence-corrected chi connectivity index (χ1v) is 6.94. The Bertz CT molecular complexity index is 328.